The summed E-state index contributed by atoms with van der Waals surface area (Å²) in [5, 5.41) is 10.7. The summed E-state index contributed by atoms with van der Waals surface area (Å²) in [6.07, 6.45) is 2.15. The van der Waals surface area contributed by atoms with Gasteiger partial charge in [-0.05, 0) is 37.0 Å². The van der Waals surface area contributed by atoms with E-state index in [1.807, 2.05) is 6.92 Å². The van der Waals surface area contributed by atoms with E-state index in [1.54, 1.807) is 0 Å². The molecule has 1 aliphatic heterocycles. The molecule has 3 fully saturated rings. The Labute approximate surface area is 104 Å². The zero-order chi connectivity index (χ0) is 12.3. The molecule has 0 spiro atoms. The van der Waals surface area contributed by atoms with Crippen LogP contribution in [0.3, 0.4) is 0 Å². The largest absolute Gasteiger partial charge is 0.389 e. The van der Waals surface area contributed by atoms with Gasteiger partial charge in [-0.1, -0.05) is 13.8 Å². The lowest BCUT2D eigenvalue weighted by molar-refractivity contribution is -0.0890. The molecule has 4 unspecified atom stereocenters. The monoisotopic (exact) mass is 239 g/mol. The van der Waals surface area contributed by atoms with E-state index in [0.717, 1.165) is 44.6 Å². The SMILES string of the molecule is CC1(O)CC2C(CC1N1CCOCC1)C2(C)C. The summed E-state index contributed by atoms with van der Waals surface area (Å²) in [7, 11) is 0. The molecule has 1 saturated heterocycles. The number of fused-ring (bicyclic) bond motifs is 1. The molecule has 3 heteroatoms. The van der Waals surface area contributed by atoms with Crippen LogP contribution in [0.2, 0.25) is 0 Å². The predicted molar refractivity (Wildman–Crippen MR) is 66.8 cm³/mol. The summed E-state index contributed by atoms with van der Waals surface area (Å²) in [5.74, 6) is 1.57. The fourth-order valence-corrected chi connectivity index (χ4v) is 4.24. The van der Waals surface area contributed by atoms with Gasteiger partial charge in [0.1, 0.15) is 0 Å². The van der Waals surface area contributed by atoms with E-state index in [4.69, 9.17) is 4.74 Å². The van der Waals surface area contributed by atoms with Crippen LogP contribution in [-0.4, -0.2) is 48.0 Å². The van der Waals surface area contributed by atoms with Gasteiger partial charge in [-0.2, -0.15) is 0 Å². The van der Waals surface area contributed by atoms with Gasteiger partial charge in [-0.15, -0.1) is 0 Å². The summed E-state index contributed by atoms with van der Waals surface area (Å²) in [5.41, 5.74) is -0.0443. The second kappa shape index (κ2) is 3.69. The Morgan fingerprint density at radius 2 is 1.76 bits per heavy atom. The van der Waals surface area contributed by atoms with Crippen molar-refractivity contribution < 1.29 is 9.84 Å². The molecule has 98 valence electrons. The molecule has 4 atom stereocenters. The molecule has 0 aromatic rings. The topological polar surface area (TPSA) is 32.7 Å². The zero-order valence-corrected chi connectivity index (χ0v) is 11.3. The smallest absolute Gasteiger partial charge is 0.0777 e. The molecule has 2 aliphatic carbocycles. The maximum Gasteiger partial charge on any atom is 0.0777 e. The summed E-state index contributed by atoms with van der Waals surface area (Å²) in [6.45, 7) is 10.4. The molecule has 2 saturated carbocycles. The lowest BCUT2D eigenvalue weighted by atomic mass is 9.80. The molecular formula is C14H25NO2. The standard InChI is InChI=1S/C14H25NO2/c1-13(2)10-8-12(14(3,16)9-11(10)13)15-4-6-17-7-5-15/h10-12,16H,4-9H2,1-3H3. The van der Waals surface area contributed by atoms with Crippen molar-refractivity contribution in [2.75, 3.05) is 26.3 Å². The first-order valence-electron chi connectivity index (χ1n) is 6.97. The van der Waals surface area contributed by atoms with Crippen molar-refractivity contribution in [3.8, 4) is 0 Å². The first-order chi connectivity index (χ1) is 7.93. The molecule has 3 aliphatic rings. The molecule has 17 heavy (non-hydrogen) atoms. The normalized spacial score (nSPS) is 49.8. The average molecular weight is 239 g/mol. The molecule has 3 rings (SSSR count). The fourth-order valence-electron chi connectivity index (χ4n) is 4.24. The highest BCUT2D eigenvalue weighted by atomic mass is 16.5. The molecule has 0 radical (unpaired) electrons. The Balaban J connectivity index is 1.75. The van der Waals surface area contributed by atoms with Crippen LogP contribution in [0, 0.1) is 17.3 Å². The number of hydrogen-bond acceptors (Lipinski definition) is 3. The minimum atomic E-state index is -0.508. The molecule has 0 aromatic carbocycles. The predicted octanol–water partition coefficient (Wildman–Crippen LogP) is 1.50. The van der Waals surface area contributed by atoms with E-state index in [-0.39, 0.29) is 0 Å². The van der Waals surface area contributed by atoms with Crippen molar-refractivity contribution in [2.45, 2.75) is 45.3 Å². The van der Waals surface area contributed by atoms with Gasteiger partial charge >= 0.3 is 0 Å². The van der Waals surface area contributed by atoms with Gasteiger partial charge in [0.15, 0.2) is 0 Å². The van der Waals surface area contributed by atoms with Gasteiger partial charge in [-0.3, -0.25) is 4.90 Å². The van der Waals surface area contributed by atoms with Crippen LogP contribution in [-0.2, 0) is 4.74 Å². The van der Waals surface area contributed by atoms with Gasteiger partial charge in [0.05, 0.1) is 18.8 Å². The van der Waals surface area contributed by atoms with E-state index in [2.05, 4.69) is 18.7 Å². The third-order valence-corrected chi connectivity index (χ3v) is 5.60. The zero-order valence-electron chi connectivity index (χ0n) is 11.3. The molecular weight excluding hydrogens is 214 g/mol. The number of rotatable bonds is 1. The number of aliphatic hydroxyl groups is 1. The lowest BCUT2D eigenvalue weighted by Gasteiger charge is -2.45. The fraction of sp³-hybridized carbons (Fsp3) is 1.00. The van der Waals surface area contributed by atoms with Crippen LogP contribution >= 0.6 is 0 Å². The van der Waals surface area contributed by atoms with E-state index >= 15 is 0 Å². The third kappa shape index (κ3) is 1.83. The van der Waals surface area contributed by atoms with Crippen molar-refractivity contribution >= 4 is 0 Å². The lowest BCUT2D eigenvalue weighted by Crippen LogP contribution is -2.56. The van der Waals surface area contributed by atoms with E-state index in [1.165, 1.54) is 6.42 Å². The highest BCUT2D eigenvalue weighted by Crippen LogP contribution is 2.66. The van der Waals surface area contributed by atoms with Crippen molar-refractivity contribution in [2.24, 2.45) is 17.3 Å². The van der Waals surface area contributed by atoms with Crippen LogP contribution in [0.15, 0.2) is 0 Å². The Morgan fingerprint density at radius 3 is 2.41 bits per heavy atom. The van der Waals surface area contributed by atoms with Crippen LogP contribution in [0.5, 0.6) is 0 Å². The second-order valence-corrected chi connectivity index (χ2v) is 7.00. The van der Waals surface area contributed by atoms with Crippen molar-refractivity contribution in [3.63, 3.8) is 0 Å². The van der Waals surface area contributed by atoms with Gasteiger partial charge in [-0.25, -0.2) is 0 Å². The summed E-state index contributed by atoms with van der Waals surface area (Å²) < 4.78 is 5.41. The first-order valence-corrected chi connectivity index (χ1v) is 6.97. The number of nitrogens with zero attached hydrogens (tertiary/aromatic N) is 1. The van der Waals surface area contributed by atoms with Crippen LogP contribution < -0.4 is 0 Å². The van der Waals surface area contributed by atoms with Gasteiger partial charge in [0, 0.05) is 19.1 Å². The summed E-state index contributed by atoms with van der Waals surface area (Å²) in [6, 6.07) is 0.342. The Hall–Kier alpha value is -0.120. The molecule has 0 aromatic heterocycles. The van der Waals surface area contributed by atoms with E-state index in [0.29, 0.717) is 11.5 Å². The van der Waals surface area contributed by atoms with E-state index < -0.39 is 5.60 Å². The van der Waals surface area contributed by atoms with E-state index in [9.17, 15) is 5.11 Å². The maximum atomic E-state index is 10.7. The van der Waals surface area contributed by atoms with Crippen molar-refractivity contribution in [1.82, 2.24) is 4.90 Å². The van der Waals surface area contributed by atoms with Crippen LogP contribution in [0.25, 0.3) is 0 Å². The number of morpholine rings is 1. The summed E-state index contributed by atoms with van der Waals surface area (Å²) in [4.78, 5) is 2.45. The average Bonchev–Trinajstić information content (AvgIpc) is 2.78. The molecule has 0 bridgehead atoms. The Kier molecular flexibility index (Phi) is 2.59. The van der Waals surface area contributed by atoms with Crippen LogP contribution in [0.4, 0.5) is 0 Å². The van der Waals surface area contributed by atoms with Gasteiger partial charge in [0.2, 0.25) is 0 Å². The third-order valence-electron chi connectivity index (χ3n) is 5.60. The van der Waals surface area contributed by atoms with Gasteiger partial charge < -0.3 is 9.84 Å². The molecule has 0 amide bonds. The Morgan fingerprint density at radius 1 is 1.12 bits per heavy atom. The van der Waals surface area contributed by atoms with Gasteiger partial charge in [0.25, 0.3) is 0 Å². The number of hydrogen-bond donors (Lipinski definition) is 1. The van der Waals surface area contributed by atoms with Crippen LogP contribution in [0.1, 0.15) is 33.6 Å². The Bertz CT molecular complexity index is 307. The van der Waals surface area contributed by atoms with Crippen molar-refractivity contribution in [1.29, 1.82) is 0 Å². The molecule has 1 N–H and O–H groups in total. The minimum Gasteiger partial charge on any atom is -0.389 e. The summed E-state index contributed by atoms with van der Waals surface area (Å²) >= 11 is 0. The highest BCUT2D eigenvalue weighted by molar-refractivity contribution is 5.14. The minimum absolute atomic E-state index is 0.342. The number of ether oxygens (including phenoxy) is 1. The molecule has 1 heterocycles. The first kappa shape index (κ1) is 11.9. The second-order valence-electron chi connectivity index (χ2n) is 7.00. The van der Waals surface area contributed by atoms with Crippen molar-refractivity contribution in [3.05, 3.63) is 0 Å². The molecule has 3 nitrogen and oxygen atoms in total. The maximum absolute atomic E-state index is 10.7. The quantitative estimate of drug-likeness (QED) is 0.753. The highest BCUT2D eigenvalue weighted by Gasteiger charge is 2.64.